The van der Waals surface area contributed by atoms with E-state index >= 15 is 0 Å². The molecule has 124 valence electrons. The Bertz CT molecular complexity index is 874. The topological polar surface area (TPSA) is 75.4 Å². The van der Waals surface area contributed by atoms with Crippen LogP contribution in [0.15, 0.2) is 46.9 Å². The van der Waals surface area contributed by atoms with Gasteiger partial charge in [0.15, 0.2) is 5.58 Å². The summed E-state index contributed by atoms with van der Waals surface area (Å²) in [4.78, 5) is 16.5. The van der Waals surface area contributed by atoms with E-state index < -0.39 is 0 Å². The van der Waals surface area contributed by atoms with E-state index in [0.717, 1.165) is 0 Å². The Labute approximate surface area is 140 Å². The van der Waals surface area contributed by atoms with E-state index in [1.165, 1.54) is 5.56 Å². The first kappa shape index (κ1) is 16.2. The number of carbonyl (C=O) groups excluding carboxylic acids is 1. The number of hydrogen-bond donors (Lipinski definition) is 2. The van der Waals surface area contributed by atoms with E-state index in [0.29, 0.717) is 22.4 Å². The largest absolute Gasteiger partial charge is 0.438 e. The summed E-state index contributed by atoms with van der Waals surface area (Å²) in [6.45, 7) is 6.15. The SMILES string of the molecule is CC(C)(C)c1ccc(C(=O)Nc2ccc3oc(CO)nc3c2)cc1. The van der Waals surface area contributed by atoms with Gasteiger partial charge in [-0.1, -0.05) is 32.9 Å². The monoisotopic (exact) mass is 324 g/mol. The Morgan fingerprint density at radius 2 is 1.88 bits per heavy atom. The number of amides is 1. The van der Waals surface area contributed by atoms with Crippen LogP contribution in [0.2, 0.25) is 0 Å². The van der Waals surface area contributed by atoms with Crippen molar-refractivity contribution in [3.05, 3.63) is 59.5 Å². The molecule has 0 saturated heterocycles. The van der Waals surface area contributed by atoms with Gasteiger partial charge in [0.1, 0.15) is 12.1 Å². The van der Waals surface area contributed by atoms with Gasteiger partial charge >= 0.3 is 0 Å². The fourth-order valence-corrected chi connectivity index (χ4v) is 2.45. The van der Waals surface area contributed by atoms with Crippen molar-refractivity contribution in [1.29, 1.82) is 0 Å². The summed E-state index contributed by atoms with van der Waals surface area (Å²) in [5.41, 5.74) is 3.63. The van der Waals surface area contributed by atoms with Crippen LogP contribution < -0.4 is 5.32 Å². The lowest BCUT2D eigenvalue weighted by molar-refractivity contribution is 0.102. The van der Waals surface area contributed by atoms with Crippen LogP contribution in [0.3, 0.4) is 0 Å². The molecule has 1 amide bonds. The molecule has 0 unspecified atom stereocenters. The van der Waals surface area contributed by atoms with Crippen LogP contribution in [0.4, 0.5) is 5.69 Å². The lowest BCUT2D eigenvalue weighted by Gasteiger charge is -2.19. The van der Waals surface area contributed by atoms with Gasteiger partial charge in [-0.05, 0) is 41.3 Å². The van der Waals surface area contributed by atoms with Gasteiger partial charge in [-0.3, -0.25) is 4.79 Å². The van der Waals surface area contributed by atoms with Crippen LogP contribution in [-0.4, -0.2) is 16.0 Å². The summed E-state index contributed by atoms with van der Waals surface area (Å²) in [5.74, 6) is 0.0759. The van der Waals surface area contributed by atoms with Gasteiger partial charge in [0.05, 0.1) is 0 Å². The molecule has 0 aliphatic carbocycles. The van der Waals surface area contributed by atoms with E-state index in [2.05, 4.69) is 31.1 Å². The Morgan fingerprint density at radius 3 is 2.50 bits per heavy atom. The number of benzene rings is 2. The van der Waals surface area contributed by atoms with Crippen molar-refractivity contribution in [3.63, 3.8) is 0 Å². The number of fused-ring (bicyclic) bond motifs is 1. The molecule has 0 fully saturated rings. The van der Waals surface area contributed by atoms with Gasteiger partial charge in [-0.25, -0.2) is 4.98 Å². The summed E-state index contributed by atoms with van der Waals surface area (Å²) in [6.07, 6.45) is 0. The lowest BCUT2D eigenvalue weighted by Crippen LogP contribution is -2.14. The fourth-order valence-electron chi connectivity index (χ4n) is 2.45. The first-order valence-corrected chi connectivity index (χ1v) is 7.79. The van der Waals surface area contributed by atoms with Crippen LogP contribution in [0.1, 0.15) is 42.6 Å². The van der Waals surface area contributed by atoms with Crippen molar-refractivity contribution >= 4 is 22.7 Å². The van der Waals surface area contributed by atoms with Crippen LogP contribution in [0.5, 0.6) is 0 Å². The van der Waals surface area contributed by atoms with Crippen LogP contribution in [0, 0.1) is 0 Å². The molecule has 1 aromatic heterocycles. The maximum Gasteiger partial charge on any atom is 0.255 e. The molecule has 0 saturated carbocycles. The highest BCUT2D eigenvalue weighted by Gasteiger charge is 2.14. The predicted octanol–water partition coefficient (Wildman–Crippen LogP) is 3.87. The molecular formula is C19H20N2O3. The number of hydrogen-bond acceptors (Lipinski definition) is 4. The number of aliphatic hydroxyl groups excluding tert-OH is 1. The smallest absolute Gasteiger partial charge is 0.255 e. The number of nitrogens with zero attached hydrogens (tertiary/aromatic N) is 1. The Hall–Kier alpha value is -2.66. The van der Waals surface area contributed by atoms with E-state index in [-0.39, 0.29) is 23.8 Å². The summed E-state index contributed by atoms with van der Waals surface area (Å²) >= 11 is 0. The zero-order chi connectivity index (χ0) is 17.3. The number of oxazole rings is 1. The Balaban J connectivity index is 1.79. The molecule has 3 rings (SSSR count). The minimum Gasteiger partial charge on any atom is -0.438 e. The zero-order valence-corrected chi connectivity index (χ0v) is 14.0. The average Bonchev–Trinajstić information content (AvgIpc) is 2.96. The third-order valence-electron chi connectivity index (χ3n) is 3.84. The van der Waals surface area contributed by atoms with Crippen molar-refractivity contribution in [3.8, 4) is 0 Å². The molecule has 0 aliphatic heterocycles. The third-order valence-corrected chi connectivity index (χ3v) is 3.84. The summed E-state index contributed by atoms with van der Waals surface area (Å²) in [5, 5.41) is 11.9. The lowest BCUT2D eigenvalue weighted by atomic mass is 9.87. The van der Waals surface area contributed by atoms with Crippen molar-refractivity contribution in [2.24, 2.45) is 0 Å². The van der Waals surface area contributed by atoms with Gasteiger partial charge in [0.2, 0.25) is 5.89 Å². The van der Waals surface area contributed by atoms with Crippen LogP contribution in [0.25, 0.3) is 11.1 Å². The van der Waals surface area contributed by atoms with E-state index in [4.69, 9.17) is 9.52 Å². The highest BCUT2D eigenvalue weighted by molar-refractivity contribution is 6.04. The Morgan fingerprint density at radius 1 is 1.17 bits per heavy atom. The van der Waals surface area contributed by atoms with Crippen molar-refractivity contribution in [2.45, 2.75) is 32.8 Å². The number of anilines is 1. The van der Waals surface area contributed by atoms with E-state index in [1.54, 1.807) is 18.2 Å². The minimum atomic E-state index is -0.253. The number of rotatable bonds is 3. The number of carbonyl (C=O) groups is 1. The molecule has 24 heavy (non-hydrogen) atoms. The van der Waals surface area contributed by atoms with E-state index in [9.17, 15) is 4.79 Å². The van der Waals surface area contributed by atoms with Gasteiger partial charge in [-0.15, -0.1) is 0 Å². The van der Waals surface area contributed by atoms with Crippen LogP contribution in [-0.2, 0) is 12.0 Å². The molecule has 0 atom stereocenters. The molecule has 0 bridgehead atoms. The van der Waals surface area contributed by atoms with Crippen molar-refractivity contribution in [2.75, 3.05) is 5.32 Å². The second-order valence-corrected chi connectivity index (χ2v) is 6.73. The summed E-state index contributed by atoms with van der Waals surface area (Å²) in [6, 6.07) is 12.8. The normalized spacial score (nSPS) is 11.7. The number of aliphatic hydroxyl groups is 1. The quantitative estimate of drug-likeness (QED) is 0.767. The molecule has 2 N–H and O–H groups in total. The average molecular weight is 324 g/mol. The maximum atomic E-state index is 12.4. The second-order valence-electron chi connectivity index (χ2n) is 6.73. The van der Waals surface area contributed by atoms with Gasteiger partial charge in [-0.2, -0.15) is 0 Å². The maximum absolute atomic E-state index is 12.4. The third kappa shape index (κ3) is 3.31. The minimum absolute atomic E-state index is 0.0530. The molecule has 5 heteroatoms. The summed E-state index contributed by atoms with van der Waals surface area (Å²) < 4.78 is 5.33. The molecule has 0 radical (unpaired) electrons. The second kappa shape index (κ2) is 6.09. The number of nitrogens with one attached hydrogen (secondary N) is 1. The highest BCUT2D eigenvalue weighted by atomic mass is 16.4. The van der Waals surface area contributed by atoms with Crippen molar-refractivity contribution in [1.82, 2.24) is 4.98 Å². The van der Waals surface area contributed by atoms with Crippen molar-refractivity contribution < 1.29 is 14.3 Å². The Kier molecular flexibility index (Phi) is 4.11. The fraction of sp³-hybridized carbons (Fsp3) is 0.263. The molecular weight excluding hydrogens is 304 g/mol. The summed E-state index contributed by atoms with van der Waals surface area (Å²) in [7, 11) is 0. The first-order chi connectivity index (χ1) is 11.4. The molecule has 2 aromatic carbocycles. The van der Waals surface area contributed by atoms with Gasteiger partial charge < -0.3 is 14.8 Å². The van der Waals surface area contributed by atoms with Gasteiger partial charge in [0.25, 0.3) is 5.91 Å². The molecule has 1 heterocycles. The molecule has 0 spiro atoms. The standard InChI is InChI=1S/C19H20N2O3/c1-19(2,3)13-6-4-12(5-7-13)18(23)20-14-8-9-16-15(10-14)21-17(11-22)24-16/h4-10,22H,11H2,1-3H3,(H,20,23). The highest BCUT2D eigenvalue weighted by Crippen LogP contribution is 2.23. The molecule has 0 aliphatic rings. The van der Waals surface area contributed by atoms with Crippen LogP contribution >= 0.6 is 0 Å². The number of aromatic nitrogens is 1. The molecule has 3 aromatic rings. The predicted molar refractivity (Wildman–Crippen MR) is 93.0 cm³/mol. The first-order valence-electron chi connectivity index (χ1n) is 7.79. The van der Waals surface area contributed by atoms with Gasteiger partial charge in [0, 0.05) is 11.3 Å². The van der Waals surface area contributed by atoms with E-state index in [1.807, 2.05) is 24.3 Å². The zero-order valence-electron chi connectivity index (χ0n) is 14.0. The molecule has 5 nitrogen and oxygen atoms in total.